The van der Waals surface area contributed by atoms with Crippen molar-refractivity contribution < 1.29 is 13.3 Å². The first-order valence-electron chi connectivity index (χ1n) is 8.05. The van der Waals surface area contributed by atoms with Crippen molar-refractivity contribution in [3.63, 3.8) is 0 Å². The van der Waals surface area contributed by atoms with Crippen LogP contribution in [0.2, 0.25) is 0 Å². The van der Waals surface area contributed by atoms with Gasteiger partial charge in [-0.1, -0.05) is 23.4 Å². The Balaban J connectivity index is 1.96. The molecule has 0 radical (unpaired) electrons. The zero-order valence-corrected chi connectivity index (χ0v) is 15.8. The predicted molar refractivity (Wildman–Crippen MR) is 101 cm³/mol. The van der Waals surface area contributed by atoms with E-state index in [-0.39, 0.29) is 16.3 Å². The molecule has 0 saturated carbocycles. The molecule has 0 saturated heterocycles. The molecule has 3 rings (SSSR count). The van der Waals surface area contributed by atoms with Crippen molar-refractivity contribution >= 4 is 21.4 Å². The zero-order valence-electron chi connectivity index (χ0n) is 14.9. The van der Waals surface area contributed by atoms with Gasteiger partial charge in [-0.3, -0.25) is 10.1 Å². The first kappa shape index (κ1) is 18.6. The molecule has 0 spiro atoms. The van der Waals surface area contributed by atoms with E-state index in [0.29, 0.717) is 17.1 Å². The smallest absolute Gasteiger partial charge is 0.269 e. The second kappa shape index (κ2) is 6.84. The summed E-state index contributed by atoms with van der Waals surface area (Å²) in [6.07, 6.45) is 0. The molecule has 27 heavy (non-hydrogen) atoms. The van der Waals surface area contributed by atoms with Crippen LogP contribution in [0.15, 0.2) is 53.4 Å². The Morgan fingerprint density at radius 3 is 2.15 bits per heavy atom. The van der Waals surface area contributed by atoms with Gasteiger partial charge in [0.1, 0.15) is 10.0 Å². The van der Waals surface area contributed by atoms with Gasteiger partial charge in [0.15, 0.2) is 0 Å². The minimum Gasteiger partial charge on any atom is -0.570 e. The van der Waals surface area contributed by atoms with E-state index < -0.39 is 14.9 Å². The zero-order chi connectivity index (χ0) is 19.8. The maximum Gasteiger partial charge on any atom is 0.269 e. The highest BCUT2D eigenvalue weighted by Gasteiger charge is 2.13. The maximum absolute atomic E-state index is 12.6. The number of aryl methyl sites for hydroxylation is 2. The highest BCUT2D eigenvalue weighted by molar-refractivity contribution is 7.94. The first-order chi connectivity index (χ1) is 12.7. The second-order valence-corrected chi connectivity index (χ2v) is 7.69. The SMILES string of the molecule is Cc1ccc(S(=O)(=O)[N-]c2c(C)nn(-c3ccc([N+](=O)[O-])cc3)c2C)cc1. The summed E-state index contributed by atoms with van der Waals surface area (Å²) < 4.78 is 30.7. The van der Waals surface area contributed by atoms with Crippen molar-refractivity contribution in [1.82, 2.24) is 9.78 Å². The molecule has 2 aromatic carbocycles. The van der Waals surface area contributed by atoms with Crippen molar-refractivity contribution in [2.75, 3.05) is 0 Å². The molecule has 0 unspecified atom stereocenters. The van der Waals surface area contributed by atoms with Crippen molar-refractivity contribution in [3.05, 3.63) is 80.3 Å². The number of hydrogen-bond donors (Lipinski definition) is 0. The van der Waals surface area contributed by atoms with Gasteiger partial charge in [-0.05, 0) is 45.0 Å². The summed E-state index contributed by atoms with van der Waals surface area (Å²) in [7, 11) is -3.88. The van der Waals surface area contributed by atoms with Crippen LogP contribution < -0.4 is 0 Å². The molecule has 140 valence electrons. The minimum atomic E-state index is -3.88. The van der Waals surface area contributed by atoms with Gasteiger partial charge in [0, 0.05) is 23.5 Å². The van der Waals surface area contributed by atoms with Crippen LogP contribution >= 0.6 is 0 Å². The van der Waals surface area contributed by atoms with E-state index in [1.807, 2.05) is 6.92 Å². The Bertz CT molecular complexity index is 1100. The molecular weight excluding hydrogens is 368 g/mol. The van der Waals surface area contributed by atoms with Crippen LogP contribution in [-0.4, -0.2) is 23.1 Å². The van der Waals surface area contributed by atoms with Gasteiger partial charge < -0.3 is 4.72 Å². The fourth-order valence-electron chi connectivity index (χ4n) is 2.62. The monoisotopic (exact) mass is 385 g/mol. The summed E-state index contributed by atoms with van der Waals surface area (Å²) in [5.74, 6) is 0. The lowest BCUT2D eigenvalue weighted by atomic mass is 10.2. The molecule has 0 aliphatic carbocycles. The summed E-state index contributed by atoms with van der Waals surface area (Å²) in [6, 6.07) is 12.3. The number of sulfonamides is 1. The van der Waals surface area contributed by atoms with E-state index >= 15 is 0 Å². The fourth-order valence-corrected chi connectivity index (χ4v) is 3.71. The highest BCUT2D eigenvalue weighted by Crippen LogP contribution is 2.34. The average Bonchev–Trinajstić information content (AvgIpc) is 2.90. The summed E-state index contributed by atoms with van der Waals surface area (Å²) in [4.78, 5) is 10.4. The summed E-state index contributed by atoms with van der Waals surface area (Å²) in [5, 5.41) is 15.1. The number of benzene rings is 2. The molecule has 0 bridgehead atoms. The fraction of sp³-hybridized carbons (Fsp3) is 0.167. The Kier molecular flexibility index (Phi) is 4.71. The molecule has 0 fully saturated rings. The van der Waals surface area contributed by atoms with E-state index in [9.17, 15) is 18.5 Å². The first-order valence-corrected chi connectivity index (χ1v) is 9.49. The number of aromatic nitrogens is 2. The summed E-state index contributed by atoms with van der Waals surface area (Å²) >= 11 is 0. The molecular formula is C18H17N4O4S-. The molecule has 1 heterocycles. The van der Waals surface area contributed by atoms with E-state index in [4.69, 9.17) is 0 Å². The van der Waals surface area contributed by atoms with Crippen molar-refractivity contribution in [1.29, 1.82) is 0 Å². The van der Waals surface area contributed by atoms with Crippen LogP contribution in [0.25, 0.3) is 10.4 Å². The third-order valence-corrected chi connectivity index (χ3v) is 5.38. The van der Waals surface area contributed by atoms with Crippen LogP contribution in [0, 0.1) is 30.9 Å². The van der Waals surface area contributed by atoms with Gasteiger partial charge in [0.05, 0.1) is 15.5 Å². The van der Waals surface area contributed by atoms with Gasteiger partial charge in [0.25, 0.3) is 5.69 Å². The molecule has 0 atom stereocenters. The van der Waals surface area contributed by atoms with Crippen LogP contribution in [0.1, 0.15) is 17.0 Å². The standard InChI is InChI=1S/C18H17N4O4S/c1-12-4-10-17(11-5-12)27(25,26)20-18-13(2)19-21(14(18)3)15-6-8-16(9-7-15)22(23)24/h4-11H,1-3H3/q-1. The lowest BCUT2D eigenvalue weighted by molar-refractivity contribution is -0.384. The number of rotatable bonds is 5. The highest BCUT2D eigenvalue weighted by atomic mass is 32.2. The molecule has 9 heteroatoms. The third kappa shape index (κ3) is 3.68. The molecule has 0 amide bonds. The quantitative estimate of drug-likeness (QED) is 0.485. The van der Waals surface area contributed by atoms with Gasteiger partial charge in [-0.25, -0.2) is 13.1 Å². The molecule has 8 nitrogen and oxygen atoms in total. The molecule has 0 aliphatic heterocycles. The molecule has 3 aromatic rings. The van der Waals surface area contributed by atoms with Gasteiger partial charge in [0.2, 0.25) is 0 Å². The van der Waals surface area contributed by atoms with Gasteiger partial charge in [-0.15, -0.1) is 0 Å². The number of nitrogens with zero attached hydrogens (tertiary/aromatic N) is 4. The normalized spacial score (nSPS) is 11.4. The second-order valence-electron chi connectivity index (χ2n) is 6.08. The topological polar surface area (TPSA) is 109 Å². The number of non-ortho nitro benzene ring substituents is 1. The van der Waals surface area contributed by atoms with Crippen LogP contribution in [0.5, 0.6) is 0 Å². The van der Waals surface area contributed by atoms with Gasteiger partial charge in [-0.2, -0.15) is 5.10 Å². The Morgan fingerprint density at radius 2 is 1.59 bits per heavy atom. The number of nitro groups is 1. The van der Waals surface area contributed by atoms with Crippen molar-refractivity contribution in [3.8, 4) is 5.69 Å². The molecule has 1 aromatic heterocycles. The average molecular weight is 385 g/mol. The van der Waals surface area contributed by atoms with Crippen molar-refractivity contribution in [2.45, 2.75) is 25.7 Å². The summed E-state index contributed by atoms with van der Waals surface area (Å²) in [5.41, 5.74) is 2.72. The lowest BCUT2D eigenvalue weighted by Crippen LogP contribution is -2.00. The molecule has 0 N–H and O–H groups in total. The third-order valence-electron chi connectivity index (χ3n) is 4.09. The molecule has 0 aliphatic rings. The minimum absolute atomic E-state index is 0.0351. The van der Waals surface area contributed by atoms with E-state index in [1.54, 1.807) is 38.1 Å². The largest absolute Gasteiger partial charge is 0.570 e. The number of nitro benzene ring substituents is 1. The predicted octanol–water partition coefficient (Wildman–Crippen LogP) is 4.10. The van der Waals surface area contributed by atoms with Crippen LogP contribution in [0.4, 0.5) is 11.4 Å². The van der Waals surface area contributed by atoms with Crippen LogP contribution in [0.3, 0.4) is 0 Å². The number of hydrogen-bond acceptors (Lipinski definition) is 5. The lowest BCUT2D eigenvalue weighted by Gasteiger charge is -2.22. The Morgan fingerprint density at radius 1 is 1.00 bits per heavy atom. The Labute approximate surface area is 156 Å². The van der Waals surface area contributed by atoms with Gasteiger partial charge >= 0.3 is 0 Å². The van der Waals surface area contributed by atoms with Crippen LogP contribution in [-0.2, 0) is 10.0 Å². The van der Waals surface area contributed by atoms with Crippen molar-refractivity contribution in [2.24, 2.45) is 0 Å². The van der Waals surface area contributed by atoms with E-state index in [0.717, 1.165) is 5.56 Å². The maximum atomic E-state index is 12.6. The Hall–Kier alpha value is -3.20. The summed E-state index contributed by atoms with van der Waals surface area (Å²) in [6.45, 7) is 5.24. The van der Waals surface area contributed by atoms with E-state index in [1.165, 1.54) is 28.9 Å². The van der Waals surface area contributed by atoms with E-state index in [2.05, 4.69) is 9.82 Å².